The number of benzene rings is 1. The van der Waals surface area contributed by atoms with Crippen LogP contribution in [0.3, 0.4) is 0 Å². The van der Waals surface area contributed by atoms with Crippen LogP contribution in [0.25, 0.3) is 0 Å². The van der Waals surface area contributed by atoms with Crippen molar-refractivity contribution in [3.63, 3.8) is 0 Å². The maximum atomic E-state index is 11.9. The lowest BCUT2D eigenvalue weighted by Crippen LogP contribution is -2.48. The Morgan fingerprint density at radius 2 is 2.10 bits per heavy atom. The first kappa shape index (κ1) is 14.9. The number of β-amino-alcohol motifs (C(OH)–C–C–N with tert-alkyl or cyclic N) is 1. The van der Waals surface area contributed by atoms with Crippen molar-refractivity contribution >= 4 is 5.91 Å². The van der Waals surface area contributed by atoms with Crippen molar-refractivity contribution in [1.82, 2.24) is 10.6 Å². The topological polar surface area (TPSA) is 108 Å². The molecule has 0 aliphatic carbocycles. The van der Waals surface area contributed by atoms with Gasteiger partial charge in [0.2, 0.25) is 5.91 Å². The van der Waals surface area contributed by atoms with Crippen LogP contribution < -0.4 is 16.4 Å². The molecule has 4 atom stereocenters. The quantitative estimate of drug-likeness (QED) is 0.445. The highest BCUT2D eigenvalue weighted by molar-refractivity contribution is 5.81. The highest BCUT2D eigenvalue weighted by Gasteiger charge is 2.33. The highest BCUT2D eigenvalue weighted by atomic mass is 16.3. The smallest absolute Gasteiger partial charge is 0.237 e. The van der Waals surface area contributed by atoms with Crippen molar-refractivity contribution in [2.45, 2.75) is 30.7 Å². The van der Waals surface area contributed by atoms with Crippen LogP contribution in [0.15, 0.2) is 30.3 Å². The monoisotopic (exact) mass is 279 g/mol. The molecule has 0 aromatic heterocycles. The van der Waals surface area contributed by atoms with Crippen LogP contribution in [-0.2, 0) is 11.2 Å². The molecule has 1 aromatic rings. The summed E-state index contributed by atoms with van der Waals surface area (Å²) in [4.78, 5) is 11.9. The third-order valence-corrected chi connectivity index (χ3v) is 3.53. The Morgan fingerprint density at radius 1 is 1.40 bits per heavy atom. The lowest BCUT2D eigenvalue weighted by Gasteiger charge is -2.18. The summed E-state index contributed by atoms with van der Waals surface area (Å²) in [5, 5.41) is 24.7. The van der Waals surface area contributed by atoms with Crippen LogP contribution in [0.5, 0.6) is 0 Å². The molecule has 1 fully saturated rings. The molecule has 20 heavy (non-hydrogen) atoms. The summed E-state index contributed by atoms with van der Waals surface area (Å²) in [6.07, 6.45) is -1.17. The molecule has 6 nitrogen and oxygen atoms in total. The SMILES string of the molecule is N[C@@H](Cc1ccccc1)C(=O)NC[C@H]1NC[C@H](O)[C@H]1O. The second-order valence-corrected chi connectivity index (χ2v) is 5.11. The van der Waals surface area contributed by atoms with Crippen LogP contribution >= 0.6 is 0 Å². The number of nitrogens with two attached hydrogens (primary N) is 1. The first-order valence-electron chi connectivity index (χ1n) is 6.74. The van der Waals surface area contributed by atoms with E-state index in [0.29, 0.717) is 13.0 Å². The van der Waals surface area contributed by atoms with E-state index in [0.717, 1.165) is 5.56 Å². The number of rotatable bonds is 5. The fraction of sp³-hybridized carbons (Fsp3) is 0.500. The summed E-state index contributed by atoms with van der Waals surface area (Å²) in [6, 6.07) is 8.60. The predicted molar refractivity (Wildman–Crippen MR) is 74.9 cm³/mol. The number of aliphatic hydroxyl groups is 2. The molecule has 0 unspecified atom stereocenters. The molecule has 0 radical (unpaired) electrons. The van der Waals surface area contributed by atoms with Gasteiger partial charge in [-0.1, -0.05) is 30.3 Å². The molecule has 1 aromatic carbocycles. The summed E-state index contributed by atoms with van der Waals surface area (Å²) in [7, 11) is 0. The zero-order valence-electron chi connectivity index (χ0n) is 11.2. The van der Waals surface area contributed by atoms with Gasteiger partial charge < -0.3 is 26.6 Å². The number of carbonyl (C=O) groups excluding carboxylic acids is 1. The van der Waals surface area contributed by atoms with Gasteiger partial charge in [0.15, 0.2) is 0 Å². The summed E-state index contributed by atoms with van der Waals surface area (Å²) in [6.45, 7) is 0.581. The third-order valence-electron chi connectivity index (χ3n) is 3.53. The van der Waals surface area contributed by atoms with Gasteiger partial charge >= 0.3 is 0 Å². The zero-order valence-corrected chi connectivity index (χ0v) is 11.2. The third kappa shape index (κ3) is 3.77. The van der Waals surface area contributed by atoms with Gasteiger partial charge in [-0.2, -0.15) is 0 Å². The van der Waals surface area contributed by atoms with Gasteiger partial charge in [0.05, 0.1) is 24.3 Å². The minimum Gasteiger partial charge on any atom is -0.389 e. The Hall–Kier alpha value is -1.47. The number of aliphatic hydroxyl groups excluding tert-OH is 2. The summed E-state index contributed by atoms with van der Waals surface area (Å²) >= 11 is 0. The van der Waals surface area contributed by atoms with E-state index in [-0.39, 0.29) is 18.5 Å². The summed E-state index contributed by atoms with van der Waals surface area (Å²) in [5.41, 5.74) is 6.86. The fourth-order valence-corrected chi connectivity index (χ4v) is 2.28. The van der Waals surface area contributed by atoms with Gasteiger partial charge in [0, 0.05) is 13.1 Å². The zero-order chi connectivity index (χ0) is 14.5. The summed E-state index contributed by atoms with van der Waals surface area (Å²) < 4.78 is 0. The van der Waals surface area contributed by atoms with E-state index in [9.17, 15) is 15.0 Å². The van der Waals surface area contributed by atoms with E-state index in [1.54, 1.807) is 0 Å². The van der Waals surface area contributed by atoms with Gasteiger partial charge in [-0.3, -0.25) is 4.79 Å². The number of carbonyl (C=O) groups is 1. The number of amides is 1. The second kappa shape index (κ2) is 6.81. The van der Waals surface area contributed by atoms with Crippen molar-refractivity contribution < 1.29 is 15.0 Å². The van der Waals surface area contributed by atoms with E-state index in [2.05, 4.69) is 10.6 Å². The van der Waals surface area contributed by atoms with Crippen molar-refractivity contribution in [3.05, 3.63) is 35.9 Å². The van der Waals surface area contributed by atoms with Gasteiger partial charge in [-0.05, 0) is 12.0 Å². The van der Waals surface area contributed by atoms with Crippen molar-refractivity contribution in [2.75, 3.05) is 13.1 Å². The van der Waals surface area contributed by atoms with Crippen LogP contribution in [0.1, 0.15) is 5.56 Å². The van der Waals surface area contributed by atoms with Crippen molar-refractivity contribution in [1.29, 1.82) is 0 Å². The fourth-order valence-electron chi connectivity index (χ4n) is 2.28. The van der Waals surface area contributed by atoms with E-state index < -0.39 is 18.2 Å². The number of nitrogens with one attached hydrogen (secondary N) is 2. The average Bonchev–Trinajstić information content (AvgIpc) is 2.77. The standard InChI is InChI=1S/C14H21N3O3/c15-10(6-9-4-2-1-3-5-9)14(20)17-7-11-13(19)12(18)8-16-11/h1-5,10-13,16,18-19H,6-8,15H2,(H,17,20)/t10-,11+,12-,13-/m0/s1. The van der Waals surface area contributed by atoms with Gasteiger partial charge in [-0.25, -0.2) is 0 Å². The van der Waals surface area contributed by atoms with E-state index in [1.165, 1.54) is 0 Å². The maximum Gasteiger partial charge on any atom is 0.237 e. The normalized spacial score (nSPS) is 27.2. The van der Waals surface area contributed by atoms with Gasteiger partial charge in [0.1, 0.15) is 0 Å². The van der Waals surface area contributed by atoms with E-state index >= 15 is 0 Å². The Kier molecular flexibility index (Phi) is 5.08. The molecular formula is C14H21N3O3. The lowest BCUT2D eigenvalue weighted by atomic mass is 10.1. The number of hydrogen-bond acceptors (Lipinski definition) is 5. The molecular weight excluding hydrogens is 258 g/mol. The van der Waals surface area contributed by atoms with Crippen molar-refractivity contribution in [3.8, 4) is 0 Å². The average molecular weight is 279 g/mol. The predicted octanol–water partition coefficient (Wildman–Crippen LogP) is -1.63. The molecule has 0 saturated carbocycles. The number of hydrogen-bond donors (Lipinski definition) is 5. The molecule has 1 amide bonds. The first-order valence-corrected chi connectivity index (χ1v) is 6.74. The molecule has 1 aliphatic rings. The van der Waals surface area contributed by atoms with Gasteiger partial charge in [0.25, 0.3) is 0 Å². The highest BCUT2D eigenvalue weighted by Crippen LogP contribution is 2.07. The molecule has 0 spiro atoms. The Balaban J connectivity index is 1.77. The Morgan fingerprint density at radius 3 is 2.70 bits per heavy atom. The molecule has 6 N–H and O–H groups in total. The van der Waals surface area contributed by atoms with Crippen LogP contribution in [0.4, 0.5) is 0 Å². The Labute approximate surface area is 118 Å². The largest absolute Gasteiger partial charge is 0.389 e. The molecule has 6 heteroatoms. The maximum absolute atomic E-state index is 11.9. The molecule has 1 aliphatic heterocycles. The van der Waals surface area contributed by atoms with Crippen LogP contribution in [0.2, 0.25) is 0 Å². The van der Waals surface area contributed by atoms with Crippen LogP contribution in [-0.4, -0.2) is 53.5 Å². The molecule has 1 heterocycles. The van der Waals surface area contributed by atoms with E-state index in [4.69, 9.17) is 5.73 Å². The first-order chi connectivity index (χ1) is 9.58. The van der Waals surface area contributed by atoms with Crippen LogP contribution in [0, 0.1) is 0 Å². The minimum atomic E-state index is -0.861. The lowest BCUT2D eigenvalue weighted by molar-refractivity contribution is -0.122. The van der Waals surface area contributed by atoms with E-state index in [1.807, 2.05) is 30.3 Å². The van der Waals surface area contributed by atoms with Gasteiger partial charge in [-0.15, -0.1) is 0 Å². The minimum absolute atomic E-state index is 0.250. The molecule has 0 bridgehead atoms. The second-order valence-electron chi connectivity index (χ2n) is 5.11. The summed E-state index contributed by atoms with van der Waals surface area (Å²) in [5.74, 6) is -0.260. The Bertz CT molecular complexity index is 441. The molecule has 2 rings (SSSR count). The molecule has 110 valence electrons. The molecule has 1 saturated heterocycles. The van der Waals surface area contributed by atoms with Crippen molar-refractivity contribution in [2.24, 2.45) is 5.73 Å².